The van der Waals surface area contributed by atoms with Crippen molar-refractivity contribution in [2.45, 2.75) is 26.4 Å². The maximum Gasteiger partial charge on any atom is 0.416 e. The Hall–Kier alpha value is -3.61. The third-order valence-electron chi connectivity index (χ3n) is 4.44. The lowest BCUT2D eigenvalue weighted by atomic mass is 10.1. The third-order valence-corrected chi connectivity index (χ3v) is 4.44. The number of para-hydroxylation sites is 1. The van der Waals surface area contributed by atoms with E-state index in [-0.39, 0.29) is 22.7 Å². The number of alkyl halides is 3. The van der Waals surface area contributed by atoms with Crippen molar-refractivity contribution in [2.75, 3.05) is 11.9 Å². The van der Waals surface area contributed by atoms with Gasteiger partial charge in [-0.3, -0.25) is 9.59 Å². The number of benzene rings is 3. The molecular formula is C25H25F3N2O2. The number of halogens is 3. The highest BCUT2D eigenvalue weighted by Gasteiger charge is 2.30. The fraction of sp³-hybridized carbons (Fsp3) is 0.200. The molecule has 0 aliphatic heterocycles. The predicted molar refractivity (Wildman–Crippen MR) is 120 cm³/mol. The van der Waals surface area contributed by atoms with Crippen LogP contribution in [-0.2, 0) is 12.6 Å². The van der Waals surface area contributed by atoms with Crippen LogP contribution in [0, 0.1) is 0 Å². The van der Waals surface area contributed by atoms with Gasteiger partial charge in [0.2, 0.25) is 0 Å². The number of carbonyl (C=O) groups excluding carboxylic acids is 2. The Balaban J connectivity index is 0.00000176. The molecule has 4 nitrogen and oxygen atoms in total. The highest BCUT2D eigenvalue weighted by molar-refractivity contribution is 6.09. The Kier molecular flexibility index (Phi) is 9.01. The quantitative estimate of drug-likeness (QED) is 0.495. The molecule has 2 amide bonds. The van der Waals surface area contributed by atoms with Crippen molar-refractivity contribution in [3.63, 3.8) is 0 Å². The summed E-state index contributed by atoms with van der Waals surface area (Å²) in [6, 6.07) is 20.0. The fourth-order valence-corrected chi connectivity index (χ4v) is 2.86. The molecule has 0 unspecified atom stereocenters. The zero-order valence-corrected chi connectivity index (χ0v) is 17.9. The first-order valence-electron chi connectivity index (χ1n) is 10.2. The topological polar surface area (TPSA) is 58.2 Å². The molecule has 0 bridgehead atoms. The molecular weight excluding hydrogens is 417 g/mol. The molecule has 3 aromatic carbocycles. The number of hydrogen-bond acceptors (Lipinski definition) is 2. The minimum Gasteiger partial charge on any atom is -0.352 e. The number of amides is 2. The molecule has 32 heavy (non-hydrogen) atoms. The second-order valence-corrected chi connectivity index (χ2v) is 6.57. The van der Waals surface area contributed by atoms with Crippen LogP contribution in [0.15, 0.2) is 78.9 Å². The van der Waals surface area contributed by atoms with Gasteiger partial charge in [-0.15, -0.1) is 0 Å². The largest absolute Gasteiger partial charge is 0.416 e. The average molecular weight is 442 g/mol. The monoisotopic (exact) mass is 442 g/mol. The van der Waals surface area contributed by atoms with Crippen LogP contribution in [0.25, 0.3) is 0 Å². The van der Waals surface area contributed by atoms with E-state index in [2.05, 4.69) is 10.6 Å². The van der Waals surface area contributed by atoms with Crippen LogP contribution in [0.3, 0.4) is 0 Å². The zero-order chi connectivity index (χ0) is 23.6. The van der Waals surface area contributed by atoms with E-state index in [0.717, 1.165) is 29.8 Å². The lowest BCUT2D eigenvalue weighted by Gasteiger charge is -2.12. The first kappa shape index (κ1) is 24.7. The van der Waals surface area contributed by atoms with Crippen molar-refractivity contribution < 1.29 is 22.8 Å². The summed E-state index contributed by atoms with van der Waals surface area (Å²) in [5.74, 6) is -0.956. The van der Waals surface area contributed by atoms with Crippen molar-refractivity contribution in [3.8, 4) is 0 Å². The molecule has 3 aromatic rings. The molecule has 0 aromatic heterocycles. The van der Waals surface area contributed by atoms with Gasteiger partial charge in [0.15, 0.2) is 0 Å². The fourth-order valence-electron chi connectivity index (χ4n) is 2.86. The molecule has 3 rings (SSSR count). The summed E-state index contributed by atoms with van der Waals surface area (Å²) in [7, 11) is 0. The van der Waals surface area contributed by atoms with Gasteiger partial charge in [-0.25, -0.2) is 0 Å². The second-order valence-electron chi connectivity index (χ2n) is 6.57. The second kappa shape index (κ2) is 11.7. The summed E-state index contributed by atoms with van der Waals surface area (Å²) in [5.41, 5.74) is 0.853. The van der Waals surface area contributed by atoms with Crippen molar-refractivity contribution in [1.82, 2.24) is 5.32 Å². The minimum atomic E-state index is -4.47. The average Bonchev–Trinajstić information content (AvgIpc) is 2.81. The van der Waals surface area contributed by atoms with Gasteiger partial charge < -0.3 is 10.6 Å². The maximum atomic E-state index is 12.7. The SMILES string of the molecule is CC.O=C(Nc1ccccc1C(=O)NCCc1ccccc1)c1ccc(C(F)(F)F)cc1. The first-order chi connectivity index (χ1) is 15.3. The van der Waals surface area contributed by atoms with Crippen molar-refractivity contribution in [2.24, 2.45) is 0 Å². The van der Waals surface area contributed by atoms with Gasteiger partial charge in [0.25, 0.3) is 11.8 Å². The van der Waals surface area contributed by atoms with E-state index in [0.29, 0.717) is 13.0 Å². The summed E-state index contributed by atoms with van der Waals surface area (Å²) in [6.45, 7) is 4.42. The number of anilines is 1. The lowest BCUT2D eigenvalue weighted by Crippen LogP contribution is -2.27. The number of hydrogen-bond donors (Lipinski definition) is 2. The normalized spacial score (nSPS) is 10.5. The molecule has 2 N–H and O–H groups in total. The molecule has 7 heteroatoms. The Morgan fingerprint density at radius 1 is 0.781 bits per heavy atom. The maximum absolute atomic E-state index is 12.7. The van der Waals surface area contributed by atoms with Crippen LogP contribution in [0.5, 0.6) is 0 Å². The number of rotatable bonds is 6. The Bertz CT molecular complexity index is 1020. The van der Waals surface area contributed by atoms with Crippen LogP contribution in [0.2, 0.25) is 0 Å². The van der Waals surface area contributed by atoms with Crippen LogP contribution in [-0.4, -0.2) is 18.4 Å². The first-order valence-corrected chi connectivity index (χ1v) is 10.2. The molecule has 0 fully saturated rings. The van der Waals surface area contributed by atoms with Gasteiger partial charge >= 0.3 is 6.18 Å². The summed E-state index contributed by atoms with van der Waals surface area (Å²) in [4.78, 5) is 25.0. The van der Waals surface area contributed by atoms with Crippen molar-refractivity contribution >= 4 is 17.5 Å². The predicted octanol–water partition coefficient (Wildman–Crippen LogP) is 5.96. The van der Waals surface area contributed by atoms with Crippen LogP contribution >= 0.6 is 0 Å². The molecule has 0 saturated heterocycles. The van der Waals surface area contributed by atoms with Crippen LogP contribution < -0.4 is 10.6 Å². The van der Waals surface area contributed by atoms with E-state index in [9.17, 15) is 22.8 Å². The van der Waals surface area contributed by atoms with Crippen LogP contribution in [0.4, 0.5) is 18.9 Å². The molecule has 168 valence electrons. The van der Waals surface area contributed by atoms with Gasteiger partial charge in [0.05, 0.1) is 16.8 Å². The summed E-state index contributed by atoms with van der Waals surface area (Å²) >= 11 is 0. The van der Waals surface area contributed by atoms with Gasteiger partial charge in [-0.1, -0.05) is 56.3 Å². The molecule has 0 atom stereocenters. The number of nitrogens with one attached hydrogen (secondary N) is 2. The van der Waals surface area contributed by atoms with E-state index in [1.807, 2.05) is 44.2 Å². The highest BCUT2D eigenvalue weighted by Crippen LogP contribution is 2.29. The molecule has 0 heterocycles. The molecule has 0 radical (unpaired) electrons. The zero-order valence-electron chi connectivity index (χ0n) is 17.9. The Morgan fingerprint density at radius 3 is 2.00 bits per heavy atom. The Labute approximate surface area is 185 Å². The van der Waals surface area contributed by atoms with Crippen molar-refractivity contribution in [3.05, 3.63) is 101 Å². The molecule has 0 saturated carbocycles. The van der Waals surface area contributed by atoms with E-state index in [1.54, 1.807) is 24.3 Å². The van der Waals surface area contributed by atoms with Crippen LogP contribution in [0.1, 0.15) is 45.7 Å². The minimum absolute atomic E-state index is 0.0577. The Morgan fingerprint density at radius 2 is 1.38 bits per heavy atom. The van der Waals surface area contributed by atoms with Gasteiger partial charge in [-0.2, -0.15) is 13.2 Å². The summed E-state index contributed by atoms with van der Waals surface area (Å²) < 4.78 is 38.0. The summed E-state index contributed by atoms with van der Waals surface area (Å²) in [5, 5.41) is 5.40. The van der Waals surface area contributed by atoms with E-state index >= 15 is 0 Å². The van der Waals surface area contributed by atoms with Crippen molar-refractivity contribution in [1.29, 1.82) is 0 Å². The summed E-state index contributed by atoms with van der Waals surface area (Å²) in [6.07, 6.45) is -3.81. The lowest BCUT2D eigenvalue weighted by molar-refractivity contribution is -0.137. The third kappa shape index (κ3) is 6.97. The van der Waals surface area contributed by atoms with Gasteiger partial charge in [-0.05, 0) is 48.4 Å². The molecule has 0 spiro atoms. The van der Waals surface area contributed by atoms with E-state index in [1.165, 1.54) is 0 Å². The van der Waals surface area contributed by atoms with E-state index in [4.69, 9.17) is 0 Å². The highest BCUT2D eigenvalue weighted by atomic mass is 19.4. The molecule has 0 aliphatic carbocycles. The van der Waals surface area contributed by atoms with Gasteiger partial charge in [0.1, 0.15) is 0 Å². The standard InChI is InChI=1S/C23H19F3N2O2.C2H6/c24-23(25,26)18-12-10-17(11-13-18)21(29)28-20-9-5-4-8-19(20)22(30)27-15-14-16-6-2-1-3-7-16;1-2/h1-13H,14-15H2,(H,27,30)(H,28,29);1-2H3. The van der Waals surface area contributed by atoms with Gasteiger partial charge in [0, 0.05) is 12.1 Å². The van der Waals surface area contributed by atoms with E-state index < -0.39 is 17.6 Å². The number of carbonyl (C=O) groups is 2. The smallest absolute Gasteiger partial charge is 0.352 e. The molecule has 0 aliphatic rings.